The van der Waals surface area contributed by atoms with Crippen LogP contribution in [0.25, 0.3) is 0 Å². The van der Waals surface area contributed by atoms with Crippen LogP contribution in [0.2, 0.25) is 0 Å². The molecule has 6 nitrogen and oxygen atoms in total. The predicted molar refractivity (Wildman–Crippen MR) is 76.3 cm³/mol. The van der Waals surface area contributed by atoms with Crippen LogP contribution in [0.5, 0.6) is 5.75 Å². The van der Waals surface area contributed by atoms with Gasteiger partial charge in [0, 0.05) is 19.7 Å². The summed E-state index contributed by atoms with van der Waals surface area (Å²) in [6, 6.07) is 9.11. The molecule has 1 unspecified atom stereocenters. The first-order chi connectivity index (χ1) is 10.1. The van der Waals surface area contributed by atoms with Crippen LogP contribution in [0.1, 0.15) is 27.9 Å². The summed E-state index contributed by atoms with van der Waals surface area (Å²) in [6.45, 7) is 2.06. The van der Waals surface area contributed by atoms with Gasteiger partial charge in [-0.3, -0.25) is 4.79 Å². The molecule has 21 heavy (non-hydrogen) atoms. The van der Waals surface area contributed by atoms with Crippen molar-refractivity contribution in [3.63, 3.8) is 0 Å². The Bertz CT molecular complexity index is 609. The van der Waals surface area contributed by atoms with E-state index >= 15 is 0 Å². The molecule has 1 aromatic carbocycles. The molecule has 112 valence electrons. The SMILES string of the molecule is COc1cccc(C(CNC(=O)c2cc(C)on2)OC)c1. The molecule has 0 saturated carbocycles. The summed E-state index contributed by atoms with van der Waals surface area (Å²) in [7, 11) is 3.20. The molecule has 1 heterocycles. The first-order valence-electron chi connectivity index (χ1n) is 6.52. The average molecular weight is 290 g/mol. The topological polar surface area (TPSA) is 73.6 Å². The number of amides is 1. The number of benzene rings is 1. The number of nitrogens with one attached hydrogen (secondary N) is 1. The minimum absolute atomic E-state index is 0.257. The van der Waals surface area contributed by atoms with E-state index < -0.39 is 0 Å². The number of hydrogen-bond acceptors (Lipinski definition) is 5. The molecule has 0 fully saturated rings. The van der Waals surface area contributed by atoms with Crippen LogP contribution in [-0.2, 0) is 4.74 Å². The third-order valence-corrected chi connectivity index (χ3v) is 3.06. The molecule has 0 aliphatic carbocycles. The summed E-state index contributed by atoms with van der Waals surface area (Å²) in [5, 5.41) is 6.44. The van der Waals surface area contributed by atoms with Gasteiger partial charge in [0.15, 0.2) is 5.69 Å². The number of nitrogens with zero attached hydrogens (tertiary/aromatic N) is 1. The molecule has 0 aliphatic rings. The highest BCUT2D eigenvalue weighted by Crippen LogP contribution is 2.21. The number of aryl methyl sites for hydroxylation is 1. The Kier molecular flexibility index (Phi) is 4.94. The van der Waals surface area contributed by atoms with Gasteiger partial charge in [0.1, 0.15) is 11.5 Å². The van der Waals surface area contributed by atoms with Crippen molar-refractivity contribution in [2.45, 2.75) is 13.0 Å². The molecule has 1 amide bonds. The monoisotopic (exact) mass is 290 g/mol. The van der Waals surface area contributed by atoms with Gasteiger partial charge in [-0.15, -0.1) is 0 Å². The molecule has 6 heteroatoms. The quantitative estimate of drug-likeness (QED) is 0.882. The minimum Gasteiger partial charge on any atom is -0.497 e. The predicted octanol–water partition coefficient (Wildman–Crippen LogP) is 2.11. The van der Waals surface area contributed by atoms with Crippen molar-refractivity contribution < 1.29 is 18.8 Å². The summed E-state index contributed by atoms with van der Waals surface area (Å²) in [6.07, 6.45) is -0.267. The van der Waals surface area contributed by atoms with E-state index in [2.05, 4.69) is 10.5 Å². The first kappa shape index (κ1) is 15.1. The Morgan fingerprint density at radius 3 is 2.81 bits per heavy atom. The van der Waals surface area contributed by atoms with Crippen LogP contribution >= 0.6 is 0 Å². The maximum atomic E-state index is 11.9. The van der Waals surface area contributed by atoms with Crippen LogP contribution in [0.3, 0.4) is 0 Å². The van der Waals surface area contributed by atoms with Crippen LogP contribution in [0.4, 0.5) is 0 Å². The molecule has 0 spiro atoms. The van der Waals surface area contributed by atoms with E-state index in [1.807, 2.05) is 24.3 Å². The number of carbonyl (C=O) groups is 1. The third kappa shape index (κ3) is 3.82. The van der Waals surface area contributed by atoms with Gasteiger partial charge in [-0.1, -0.05) is 17.3 Å². The van der Waals surface area contributed by atoms with Crippen LogP contribution in [0.15, 0.2) is 34.9 Å². The van der Waals surface area contributed by atoms with Crippen molar-refractivity contribution in [2.24, 2.45) is 0 Å². The molecular formula is C15H18N2O4. The highest BCUT2D eigenvalue weighted by Gasteiger charge is 2.15. The molecule has 2 aromatic rings. The lowest BCUT2D eigenvalue weighted by molar-refractivity contribution is 0.0820. The zero-order valence-corrected chi connectivity index (χ0v) is 12.3. The summed E-state index contributed by atoms with van der Waals surface area (Å²) in [5.41, 5.74) is 1.18. The van der Waals surface area contributed by atoms with E-state index in [9.17, 15) is 4.79 Å². The molecule has 0 aliphatic heterocycles. The summed E-state index contributed by atoms with van der Waals surface area (Å²) >= 11 is 0. The highest BCUT2D eigenvalue weighted by molar-refractivity contribution is 5.92. The first-order valence-corrected chi connectivity index (χ1v) is 6.52. The Morgan fingerprint density at radius 2 is 2.19 bits per heavy atom. The molecular weight excluding hydrogens is 272 g/mol. The fourth-order valence-corrected chi connectivity index (χ4v) is 1.93. The largest absolute Gasteiger partial charge is 0.497 e. The smallest absolute Gasteiger partial charge is 0.273 e. The van der Waals surface area contributed by atoms with Crippen LogP contribution in [-0.4, -0.2) is 31.8 Å². The molecule has 0 bridgehead atoms. The van der Waals surface area contributed by atoms with Crippen LogP contribution < -0.4 is 10.1 Å². The van der Waals surface area contributed by atoms with E-state index in [1.165, 1.54) is 0 Å². The number of ether oxygens (including phenoxy) is 2. The number of hydrogen-bond donors (Lipinski definition) is 1. The lowest BCUT2D eigenvalue weighted by Crippen LogP contribution is -2.29. The molecule has 0 radical (unpaired) electrons. The summed E-state index contributed by atoms with van der Waals surface area (Å²) in [4.78, 5) is 11.9. The van der Waals surface area contributed by atoms with Crippen molar-refractivity contribution >= 4 is 5.91 Å². The maximum absolute atomic E-state index is 11.9. The molecule has 1 N–H and O–H groups in total. The van der Waals surface area contributed by atoms with E-state index in [-0.39, 0.29) is 17.7 Å². The van der Waals surface area contributed by atoms with Gasteiger partial charge in [0.05, 0.1) is 13.2 Å². The second kappa shape index (κ2) is 6.90. The Balaban J connectivity index is 2.00. The van der Waals surface area contributed by atoms with Gasteiger partial charge in [0.2, 0.25) is 0 Å². The number of aromatic nitrogens is 1. The maximum Gasteiger partial charge on any atom is 0.273 e. The lowest BCUT2D eigenvalue weighted by atomic mass is 10.1. The van der Waals surface area contributed by atoms with Gasteiger partial charge >= 0.3 is 0 Å². The van der Waals surface area contributed by atoms with Gasteiger partial charge in [-0.05, 0) is 24.6 Å². The molecule has 1 atom stereocenters. The number of rotatable bonds is 6. The van der Waals surface area contributed by atoms with E-state index in [0.29, 0.717) is 12.3 Å². The van der Waals surface area contributed by atoms with Crippen molar-refractivity contribution in [3.05, 3.63) is 47.3 Å². The summed E-state index contributed by atoms with van der Waals surface area (Å²) in [5.74, 6) is 1.04. The Hall–Kier alpha value is -2.34. The second-order valence-electron chi connectivity index (χ2n) is 4.53. The molecule has 0 saturated heterocycles. The molecule has 1 aromatic heterocycles. The van der Waals surface area contributed by atoms with Crippen molar-refractivity contribution in [1.29, 1.82) is 0 Å². The van der Waals surface area contributed by atoms with Gasteiger partial charge in [0.25, 0.3) is 5.91 Å². The standard InChI is InChI=1S/C15H18N2O4/c1-10-7-13(17-21-10)15(18)16-9-14(20-3)11-5-4-6-12(8-11)19-2/h4-8,14H,9H2,1-3H3,(H,16,18). The third-order valence-electron chi connectivity index (χ3n) is 3.06. The average Bonchev–Trinajstić information content (AvgIpc) is 2.94. The zero-order valence-electron chi connectivity index (χ0n) is 12.3. The van der Waals surface area contributed by atoms with Crippen molar-refractivity contribution in [3.8, 4) is 5.75 Å². The summed E-state index contributed by atoms with van der Waals surface area (Å²) < 4.78 is 15.5. The number of carbonyl (C=O) groups excluding carboxylic acids is 1. The van der Waals surface area contributed by atoms with E-state index in [4.69, 9.17) is 14.0 Å². The zero-order chi connectivity index (χ0) is 15.2. The highest BCUT2D eigenvalue weighted by atomic mass is 16.5. The molecule has 2 rings (SSSR count). The van der Waals surface area contributed by atoms with Crippen molar-refractivity contribution in [2.75, 3.05) is 20.8 Å². The lowest BCUT2D eigenvalue weighted by Gasteiger charge is -2.16. The van der Waals surface area contributed by atoms with E-state index in [1.54, 1.807) is 27.2 Å². The van der Waals surface area contributed by atoms with E-state index in [0.717, 1.165) is 11.3 Å². The van der Waals surface area contributed by atoms with Crippen molar-refractivity contribution in [1.82, 2.24) is 10.5 Å². The van der Waals surface area contributed by atoms with Crippen LogP contribution in [0, 0.1) is 6.92 Å². The second-order valence-corrected chi connectivity index (χ2v) is 4.53. The Morgan fingerprint density at radius 1 is 1.38 bits per heavy atom. The normalized spacial score (nSPS) is 12.0. The minimum atomic E-state index is -0.295. The fraction of sp³-hybridized carbons (Fsp3) is 0.333. The fourth-order valence-electron chi connectivity index (χ4n) is 1.93. The van der Waals surface area contributed by atoms with Gasteiger partial charge < -0.3 is 19.3 Å². The van der Waals surface area contributed by atoms with Gasteiger partial charge in [-0.25, -0.2) is 0 Å². The Labute approximate surface area is 123 Å². The van der Waals surface area contributed by atoms with Gasteiger partial charge in [-0.2, -0.15) is 0 Å². The number of methoxy groups -OCH3 is 2.